The molecule has 0 spiro atoms. The molecule has 1 aliphatic heterocycles. The van der Waals surface area contributed by atoms with Gasteiger partial charge in [0.2, 0.25) is 0 Å². The van der Waals surface area contributed by atoms with Crippen molar-refractivity contribution in [3.8, 4) is 0 Å². The molecule has 0 saturated carbocycles. The Hall–Kier alpha value is -2.94. The summed E-state index contributed by atoms with van der Waals surface area (Å²) in [5.74, 6) is 0.628. The van der Waals surface area contributed by atoms with E-state index in [-0.39, 0.29) is 10.6 Å². The number of aliphatic imine (C=N–C) groups is 1. The van der Waals surface area contributed by atoms with Gasteiger partial charge in [-0.25, -0.2) is 8.42 Å². The molecule has 0 atom stereocenters. The minimum absolute atomic E-state index is 0.171. The van der Waals surface area contributed by atoms with Gasteiger partial charge >= 0.3 is 0 Å². The predicted molar refractivity (Wildman–Crippen MR) is 94.4 cm³/mol. The molecule has 0 aliphatic carbocycles. The smallest absolute Gasteiger partial charge is 0.270 e. The molecule has 8 nitrogen and oxygen atoms in total. The number of rotatable bonds is 5. The summed E-state index contributed by atoms with van der Waals surface area (Å²) in [6, 6.07) is 11.8. The van der Waals surface area contributed by atoms with E-state index in [1.807, 2.05) is 0 Å². The Kier molecular flexibility index (Phi) is 4.66. The number of para-hydroxylation sites is 1. The van der Waals surface area contributed by atoms with Crippen LogP contribution in [0.3, 0.4) is 0 Å². The van der Waals surface area contributed by atoms with Crippen LogP contribution in [-0.4, -0.2) is 32.3 Å². The number of benzene rings is 2. The maximum Gasteiger partial charge on any atom is 0.270 e. The van der Waals surface area contributed by atoms with Gasteiger partial charge in [-0.3, -0.25) is 19.8 Å². The maximum atomic E-state index is 12.6. The van der Waals surface area contributed by atoms with Gasteiger partial charge in [-0.05, 0) is 24.6 Å². The number of hydrogen-bond donors (Lipinski definition) is 2. The van der Waals surface area contributed by atoms with Crippen molar-refractivity contribution in [1.29, 1.82) is 0 Å². The Morgan fingerprint density at radius 1 is 1.16 bits per heavy atom. The van der Waals surface area contributed by atoms with Gasteiger partial charge in [-0.1, -0.05) is 18.2 Å². The molecule has 2 N–H and O–H groups in total. The van der Waals surface area contributed by atoms with Crippen LogP contribution in [0.2, 0.25) is 0 Å². The van der Waals surface area contributed by atoms with Crippen LogP contribution in [0, 0.1) is 10.1 Å². The zero-order valence-corrected chi connectivity index (χ0v) is 14.0. The van der Waals surface area contributed by atoms with Crippen LogP contribution in [0.15, 0.2) is 58.4 Å². The van der Waals surface area contributed by atoms with E-state index in [9.17, 15) is 18.5 Å². The Morgan fingerprint density at radius 3 is 2.68 bits per heavy atom. The minimum atomic E-state index is -3.97. The van der Waals surface area contributed by atoms with Crippen molar-refractivity contribution in [3.63, 3.8) is 0 Å². The molecule has 25 heavy (non-hydrogen) atoms. The predicted octanol–water partition coefficient (Wildman–Crippen LogP) is 2.14. The van der Waals surface area contributed by atoms with Crippen LogP contribution >= 0.6 is 0 Å². The van der Waals surface area contributed by atoms with Crippen molar-refractivity contribution in [3.05, 3.63) is 64.2 Å². The number of sulfonamides is 1. The minimum Gasteiger partial charge on any atom is -0.370 e. The topological polar surface area (TPSA) is 114 Å². The molecule has 0 saturated heterocycles. The van der Waals surface area contributed by atoms with E-state index in [0.717, 1.165) is 19.0 Å². The van der Waals surface area contributed by atoms with Crippen LogP contribution in [0.5, 0.6) is 0 Å². The number of non-ortho nitro benzene ring substituents is 1. The lowest BCUT2D eigenvalue weighted by Crippen LogP contribution is -2.31. The van der Waals surface area contributed by atoms with E-state index in [4.69, 9.17) is 0 Å². The van der Waals surface area contributed by atoms with Crippen LogP contribution < -0.4 is 10.0 Å². The lowest BCUT2D eigenvalue weighted by molar-refractivity contribution is -0.385. The van der Waals surface area contributed by atoms with Crippen molar-refractivity contribution in [2.75, 3.05) is 17.8 Å². The third-order valence-electron chi connectivity index (χ3n) is 3.66. The van der Waals surface area contributed by atoms with Crippen LogP contribution in [0.25, 0.3) is 0 Å². The molecule has 0 fully saturated rings. The average Bonchev–Trinajstić information content (AvgIpc) is 2.63. The fourth-order valence-corrected chi connectivity index (χ4v) is 3.58. The van der Waals surface area contributed by atoms with Crippen molar-refractivity contribution in [1.82, 2.24) is 5.32 Å². The van der Waals surface area contributed by atoms with Crippen LogP contribution in [-0.2, 0) is 10.0 Å². The molecule has 0 amide bonds. The van der Waals surface area contributed by atoms with Gasteiger partial charge < -0.3 is 5.32 Å². The Balaban J connectivity index is 1.95. The monoisotopic (exact) mass is 360 g/mol. The number of nitrogens with one attached hydrogen (secondary N) is 2. The normalized spacial score (nSPS) is 14.3. The summed E-state index contributed by atoms with van der Waals surface area (Å²) in [5.41, 5.74) is 0.716. The third kappa shape index (κ3) is 3.77. The van der Waals surface area contributed by atoms with Gasteiger partial charge in [0.25, 0.3) is 15.7 Å². The molecule has 0 radical (unpaired) electrons. The molecule has 3 rings (SSSR count). The molecule has 130 valence electrons. The largest absolute Gasteiger partial charge is 0.370 e. The van der Waals surface area contributed by atoms with Gasteiger partial charge in [0.1, 0.15) is 5.84 Å². The lowest BCUT2D eigenvalue weighted by Gasteiger charge is -2.18. The van der Waals surface area contributed by atoms with Crippen molar-refractivity contribution in [2.45, 2.75) is 11.3 Å². The Morgan fingerprint density at radius 2 is 1.96 bits per heavy atom. The van der Waals surface area contributed by atoms with Crippen molar-refractivity contribution >= 4 is 27.2 Å². The fraction of sp³-hybridized carbons (Fsp3) is 0.188. The van der Waals surface area contributed by atoms with Crippen molar-refractivity contribution < 1.29 is 13.3 Å². The highest BCUT2D eigenvalue weighted by atomic mass is 32.2. The lowest BCUT2D eigenvalue weighted by atomic mass is 10.1. The van der Waals surface area contributed by atoms with E-state index in [1.165, 1.54) is 18.2 Å². The second-order valence-corrected chi connectivity index (χ2v) is 7.10. The highest BCUT2D eigenvalue weighted by Gasteiger charge is 2.20. The average molecular weight is 360 g/mol. The van der Waals surface area contributed by atoms with Gasteiger partial charge in [-0.15, -0.1) is 0 Å². The Labute approximate surface area is 144 Å². The molecular weight excluding hydrogens is 344 g/mol. The second-order valence-electron chi connectivity index (χ2n) is 5.42. The van der Waals surface area contributed by atoms with Gasteiger partial charge in [0, 0.05) is 30.8 Å². The Bertz CT molecular complexity index is 941. The number of amidine groups is 1. The summed E-state index contributed by atoms with van der Waals surface area (Å²) < 4.78 is 27.7. The molecule has 9 heteroatoms. The molecule has 2 aromatic carbocycles. The number of anilines is 1. The van der Waals surface area contributed by atoms with Crippen LogP contribution in [0.4, 0.5) is 11.4 Å². The quantitative estimate of drug-likeness (QED) is 0.626. The first-order valence-electron chi connectivity index (χ1n) is 7.62. The zero-order chi connectivity index (χ0) is 17.9. The molecule has 0 bridgehead atoms. The molecular formula is C16H16N4O4S. The molecule has 2 aromatic rings. The molecule has 0 aromatic heterocycles. The summed E-state index contributed by atoms with van der Waals surface area (Å²) in [7, 11) is -3.97. The zero-order valence-electron chi connectivity index (χ0n) is 13.2. The van der Waals surface area contributed by atoms with Gasteiger partial charge in [0.15, 0.2) is 0 Å². The van der Waals surface area contributed by atoms with Crippen LogP contribution in [0.1, 0.15) is 12.0 Å². The van der Waals surface area contributed by atoms with E-state index in [2.05, 4.69) is 15.0 Å². The second kappa shape index (κ2) is 6.89. The summed E-state index contributed by atoms with van der Waals surface area (Å²) in [5, 5.41) is 14.0. The summed E-state index contributed by atoms with van der Waals surface area (Å²) in [4.78, 5) is 14.4. The standard InChI is InChI=1S/C16H16N4O4S/c21-20(22)12-5-3-6-13(11-12)25(23,24)19-15-8-2-1-7-14(15)16-17-9-4-10-18-16/h1-3,5-8,11,19H,4,9-10H2,(H,17,18). The third-order valence-corrected chi connectivity index (χ3v) is 5.03. The van der Waals surface area contributed by atoms with E-state index in [1.54, 1.807) is 24.3 Å². The summed E-state index contributed by atoms with van der Waals surface area (Å²) in [6.45, 7) is 1.44. The first-order valence-corrected chi connectivity index (χ1v) is 9.11. The maximum absolute atomic E-state index is 12.6. The van der Waals surface area contributed by atoms with E-state index >= 15 is 0 Å². The number of nitro benzene ring substituents is 1. The first-order chi connectivity index (χ1) is 12.0. The summed E-state index contributed by atoms with van der Waals surface area (Å²) >= 11 is 0. The van der Waals surface area contributed by atoms with E-state index in [0.29, 0.717) is 23.6 Å². The number of nitrogens with zero attached hydrogens (tertiary/aromatic N) is 2. The SMILES string of the molecule is O=[N+]([O-])c1cccc(S(=O)(=O)Nc2ccccc2C2=NCCCN2)c1. The molecule has 0 unspecified atom stereocenters. The molecule has 1 heterocycles. The highest BCUT2D eigenvalue weighted by molar-refractivity contribution is 7.92. The number of nitro groups is 1. The van der Waals surface area contributed by atoms with Gasteiger partial charge in [-0.2, -0.15) is 0 Å². The number of hydrogen-bond acceptors (Lipinski definition) is 6. The van der Waals surface area contributed by atoms with E-state index < -0.39 is 14.9 Å². The van der Waals surface area contributed by atoms with Crippen molar-refractivity contribution in [2.24, 2.45) is 4.99 Å². The van der Waals surface area contributed by atoms with Gasteiger partial charge in [0.05, 0.1) is 15.5 Å². The fourth-order valence-electron chi connectivity index (χ4n) is 2.46. The first kappa shape index (κ1) is 16.9. The molecule has 1 aliphatic rings. The highest BCUT2D eigenvalue weighted by Crippen LogP contribution is 2.23. The summed E-state index contributed by atoms with van der Waals surface area (Å²) in [6.07, 6.45) is 0.922.